The molecule has 0 heterocycles. The molecule has 0 aliphatic heterocycles. The van der Waals surface area contributed by atoms with Crippen LogP contribution in [0.2, 0.25) is 5.02 Å². The van der Waals surface area contributed by atoms with Gasteiger partial charge in [-0.1, -0.05) is 11.6 Å². The van der Waals surface area contributed by atoms with Gasteiger partial charge < -0.3 is 20.9 Å². The van der Waals surface area contributed by atoms with Crippen LogP contribution in [0.4, 0.5) is 0 Å². The van der Waals surface area contributed by atoms with E-state index in [9.17, 15) is 5.11 Å². The van der Waals surface area contributed by atoms with Crippen LogP contribution in [0.25, 0.3) is 0 Å². The number of nitrogens with one attached hydrogen (secondary N) is 1. The molecule has 20 heavy (non-hydrogen) atoms. The zero-order chi connectivity index (χ0) is 14.5. The van der Waals surface area contributed by atoms with E-state index in [-0.39, 0.29) is 6.54 Å². The van der Waals surface area contributed by atoms with E-state index in [1.165, 1.54) is 6.42 Å². The highest BCUT2D eigenvalue weighted by Gasteiger charge is 2.18. The minimum absolute atomic E-state index is 0.169. The number of nitrogens with two attached hydrogens (primary N) is 1. The molecule has 0 spiro atoms. The van der Waals surface area contributed by atoms with Crippen LogP contribution in [0.3, 0.4) is 0 Å². The van der Waals surface area contributed by atoms with E-state index < -0.39 is 6.10 Å². The summed E-state index contributed by atoms with van der Waals surface area (Å²) in [5.41, 5.74) is 6.39. The number of halogens is 1. The second-order valence-electron chi connectivity index (χ2n) is 4.90. The van der Waals surface area contributed by atoms with E-state index in [2.05, 4.69) is 10.3 Å². The number of ether oxygens (including phenoxy) is 1. The fourth-order valence-corrected chi connectivity index (χ4v) is 2.24. The number of rotatable bonds is 5. The molecular formula is C14H20ClN3O2. The van der Waals surface area contributed by atoms with Crippen molar-refractivity contribution in [1.82, 2.24) is 5.32 Å². The van der Waals surface area contributed by atoms with Gasteiger partial charge in [0.05, 0.1) is 13.7 Å². The van der Waals surface area contributed by atoms with Gasteiger partial charge in [-0.05, 0) is 37.5 Å². The molecule has 1 aliphatic carbocycles. The maximum atomic E-state index is 10.2. The molecule has 110 valence electrons. The highest BCUT2D eigenvalue weighted by atomic mass is 35.5. The molecule has 4 N–H and O–H groups in total. The van der Waals surface area contributed by atoms with Crippen LogP contribution < -0.4 is 15.8 Å². The molecule has 0 saturated heterocycles. The van der Waals surface area contributed by atoms with Crippen molar-refractivity contribution in [2.75, 3.05) is 13.7 Å². The largest absolute Gasteiger partial charge is 0.496 e. The first kappa shape index (κ1) is 14.9. The number of aliphatic hydroxyl groups is 1. The Kier molecular flexibility index (Phi) is 5.09. The first-order valence-corrected chi connectivity index (χ1v) is 7.06. The van der Waals surface area contributed by atoms with Gasteiger partial charge in [-0.15, -0.1) is 0 Å². The van der Waals surface area contributed by atoms with Crippen molar-refractivity contribution < 1.29 is 9.84 Å². The van der Waals surface area contributed by atoms with E-state index in [4.69, 9.17) is 22.1 Å². The maximum Gasteiger partial charge on any atom is 0.188 e. The van der Waals surface area contributed by atoms with Gasteiger partial charge in [-0.25, -0.2) is 0 Å². The molecule has 1 aliphatic rings. The Morgan fingerprint density at radius 3 is 2.95 bits per heavy atom. The van der Waals surface area contributed by atoms with Crippen LogP contribution in [0.1, 0.15) is 30.9 Å². The average Bonchev–Trinajstić information content (AvgIpc) is 2.40. The molecule has 5 nitrogen and oxygen atoms in total. The minimum Gasteiger partial charge on any atom is -0.496 e. The van der Waals surface area contributed by atoms with Gasteiger partial charge in [-0.2, -0.15) is 0 Å². The number of benzene rings is 1. The molecule has 0 amide bonds. The van der Waals surface area contributed by atoms with Crippen molar-refractivity contribution in [3.8, 4) is 5.75 Å². The van der Waals surface area contributed by atoms with Gasteiger partial charge in [0, 0.05) is 16.6 Å². The van der Waals surface area contributed by atoms with Crippen molar-refractivity contribution in [3.63, 3.8) is 0 Å². The van der Waals surface area contributed by atoms with E-state index in [0.717, 1.165) is 12.8 Å². The summed E-state index contributed by atoms with van der Waals surface area (Å²) < 4.78 is 5.21. The molecular weight excluding hydrogens is 278 g/mol. The second kappa shape index (κ2) is 6.81. The lowest BCUT2D eigenvalue weighted by Crippen LogP contribution is -2.43. The van der Waals surface area contributed by atoms with Crippen LogP contribution in [-0.2, 0) is 0 Å². The van der Waals surface area contributed by atoms with Crippen LogP contribution in [0.15, 0.2) is 23.2 Å². The highest BCUT2D eigenvalue weighted by Crippen LogP contribution is 2.28. The van der Waals surface area contributed by atoms with Crippen LogP contribution in [0.5, 0.6) is 5.75 Å². The fourth-order valence-electron chi connectivity index (χ4n) is 2.06. The summed E-state index contributed by atoms with van der Waals surface area (Å²) in [5, 5.41) is 13.9. The number of methoxy groups -OCH3 is 1. The third-order valence-electron chi connectivity index (χ3n) is 3.44. The summed E-state index contributed by atoms with van der Waals surface area (Å²) in [6.45, 7) is 0.169. The predicted octanol–water partition coefficient (Wildman–Crippen LogP) is 1.84. The quantitative estimate of drug-likeness (QED) is 0.572. The van der Waals surface area contributed by atoms with Crippen LogP contribution in [0, 0.1) is 0 Å². The molecule has 1 unspecified atom stereocenters. The molecule has 6 heteroatoms. The van der Waals surface area contributed by atoms with Crippen LogP contribution in [-0.4, -0.2) is 30.8 Å². The number of aliphatic hydroxyl groups excluding tert-OH is 1. The Morgan fingerprint density at radius 2 is 2.35 bits per heavy atom. The normalized spacial score (nSPS) is 17.4. The summed E-state index contributed by atoms with van der Waals surface area (Å²) in [6, 6.07) is 5.54. The van der Waals surface area contributed by atoms with Crippen molar-refractivity contribution >= 4 is 17.6 Å². The van der Waals surface area contributed by atoms with E-state index in [0.29, 0.717) is 28.3 Å². The van der Waals surface area contributed by atoms with Crippen molar-refractivity contribution in [3.05, 3.63) is 28.8 Å². The molecule has 0 radical (unpaired) electrons. The SMILES string of the molecule is COc1ccc(Cl)cc1C(O)CN=C(N)NC1CCC1. The summed E-state index contributed by atoms with van der Waals surface area (Å²) in [7, 11) is 1.55. The Hall–Kier alpha value is -1.46. The van der Waals surface area contributed by atoms with Gasteiger partial charge in [0.2, 0.25) is 0 Å². The lowest BCUT2D eigenvalue weighted by molar-refractivity contribution is 0.182. The minimum atomic E-state index is -0.801. The molecule has 2 rings (SSSR count). The summed E-state index contributed by atoms with van der Waals surface area (Å²) in [4.78, 5) is 4.16. The van der Waals surface area contributed by atoms with Crippen molar-refractivity contribution in [1.29, 1.82) is 0 Å². The highest BCUT2D eigenvalue weighted by molar-refractivity contribution is 6.30. The Morgan fingerprint density at radius 1 is 1.60 bits per heavy atom. The van der Waals surface area contributed by atoms with Gasteiger partial charge in [0.1, 0.15) is 11.9 Å². The standard InChI is InChI=1S/C14H20ClN3O2/c1-20-13-6-5-9(15)7-11(13)12(19)8-17-14(16)18-10-3-2-4-10/h5-7,10,12,19H,2-4,8H2,1H3,(H3,16,17,18). The molecule has 0 aromatic heterocycles. The molecule has 1 aromatic carbocycles. The van der Waals surface area contributed by atoms with E-state index >= 15 is 0 Å². The zero-order valence-corrected chi connectivity index (χ0v) is 12.2. The number of nitrogens with zero attached hydrogens (tertiary/aromatic N) is 1. The molecule has 1 atom stereocenters. The third kappa shape index (κ3) is 3.77. The summed E-state index contributed by atoms with van der Waals surface area (Å²) >= 11 is 5.94. The third-order valence-corrected chi connectivity index (χ3v) is 3.68. The summed E-state index contributed by atoms with van der Waals surface area (Å²) in [5.74, 6) is 0.956. The monoisotopic (exact) mass is 297 g/mol. The van der Waals surface area contributed by atoms with Gasteiger partial charge in [-0.3, -0.25) is 4.99 Å². The topological polar surface area (TPSA) is 79.9 Å². The van der Waals surface area contributed by atoms with Gasteiger partial charge in [0.25, 0.3) is 0 Å². The fraction of sp³-hybridized carbons (Fsp3) is 0.500. The van der Waals surface area contributed by atoms with Crippen LogP contribution >= 0.6 is 11.6 Å². The van der Waals surface area contributed by atoms with Crippen molar-refractivity contribution in [2.24, 2.45) is 10.7 Å². The first-order chi connectivity index (χ1) is 9.60. The van der Waals surface area contributed by atoms with E-state index in [1.807, 2.05) is 0 Å². The molecule has 1 aromatic rings. The number of guanidine groups is 1. The Balaban J connectivity index is 1.98. The average molecular weight is 298 g/mol. The predicted molar refractivity (Wildman–Crippen MR) is 80.2 cm³/mol. The Bertz CT molecular complexity index is 489. The Labute approximate surface area is 123 Å². The van der Waals surface area contributed by atoms with Crippen molar-refractivity contribution in [2.45, 2.75) is 31.4 Å². The maximum absolute atomic E-state index is 10.2. The smallest absolute Gasteiger partial charge is 0.188 e. The lowest BCUT2D eigenvalue weighted by atomic mass is 9.93. The summed E-state index contributed by atoms with van der Waals surface area (Å²) in [6.07, 6.45) is 2.68. The second-order valence-corrected chi connectivity index (χ2v) is 5.34. The molecule has 0 bridgehead atoms. The number of hydrogen-bond donors (Lipinski definition) is 3. The number of aliphatic imine (C=N–C) groups is 1. The molecule has 1 fully saturated rings. The zero-order valence-electron chi connectivity index (χ0n) is 11.5. The first-order valence-electron chi connectivity index (χ1n) is 6.68. The lowest BCUT2D eigenvalue weighted by Gasteiger charge is -2.26. The van der Waals surface area contributed by atoms with Gasteiger partial charge in [0.15, 0.2) is 5.96 Å². The van der Waals surface area contributed by atoms with E-state index in [1.54, 1.807) is 25.3 Å². The van der Waals surface area contributed by atoms with Gasteiger partial charge >= 0.3 is 0 Å². The number of hydrogen-bond acceptors (Lipinski definition) is 3. The molecule has 1 saturated carbocycles.